The summed E-state index contributed by atoms with van der Waals surface area (Å²) in [4.78, 5) is 18.3. The predicted molar refractivity (Wildman–Crippen MR) is 86.7 cm³/mol. The van der Waals surface area contributed by atoms with Gasteiger partial charge in [0.25, 0.3) is 0 Å². The van der Waals surface area contributed by atoms with Crippen molar-refractivity contribution in [1.29, 1.82) is 0 Å². The van der Waals surface area contributed by atoms with Crippen molar-refractivity contribution >= 4 is 32.6 Å². The molecule has 0 fully saturated rings. The number of aromatic nitrogens is 1. The van der Waals surface area contributed by atoms with Gasteiger partial charge in [-0.15, -0.1) is 0 Å². The van der Waals surface area contributed by atoms with Crippen molar-refractivity contribution in [2.45, 2.75) is 19.3 Å². The van der Waals surface area contributed by atoms with Crippen molar-refractivity contribution in [3.63, 3.8) is 0 Å². The fraction of sp³-hybridized carbons (Fsp3) is 0.467. The molecule has 6 heteroatoms. The highest BCUT2D eigenvalue weighted by atomic mass is 32.1. The van der Waals surface area contributed by atoms with E-state index in [-0.39, 0.29) is 12.5 Å². The molecule has 1 aromatic carbocycles. The number of hydrogen-bond acceptors (Lipinski definition) is 5. The Morgan fingerprint density at radius 1 is 1.33 bits per heavy atom. The molecule has 21 heavy (non-hydrogen) atoms. The molecular weight excluding hydrogens is 286 g/mol. The molecule has 114 valence electrons. The number of aliphatic hydroxyl groups excluding tert-OH is 1. The minimum absolute atomic E-state index is 0.0429. The fourth-order valence-corrected chi connectivity index (χ4v) is 2.96. The van der Waals surface area contributed by atoms with Crippen LogP contribution in [0.25, 0.3) is 10.2 Å². The molecule has 0 radical (unpaired) electrons. The molecule has 1 aromatic heterocycles. The van der Waals surface area contributed by atoms with Crippen LogP contribution < -0.4 is 5.32 Å². The Bertz CT molecular complexity index is 552. The zero-order valence-corrected chi connectivity index (χ0v) is 13.0. The largest absolute Gasteiger partial charge is 0.396 e. The Kier molecular flexibility index (Phi) is 6.10. The normalized spacial score (nSPS) is 11.2. The number of carbonyl (C=O) groups is 1. The van der Waals surface area contributed by atoms with Crippen LogP contribution in [0, 0.1) is 0 Å². The van der Waals surface area contributed by atoms with Crippen LogP contribution in [0.4, 0.5) is 5.13 Å². The van der Waals surface area contributed by atoms with E-state index in [0.717, 1.165) is 36.0 Å². The Hall–Kier alpha value is -1.50. The minimum atomic E-state index is -0.0429. The first kappa shape index (κ1) is 15.9. The van der Waals surface area contributed by atoms with Crippen LogP contribution in [0.3, 0.4) is 0 Å². The van der Waals surface area contributed by atoms with E-state index in [1.165, 1.54) is 11.3 Å². The summed E-state index contributed by atoms with van der Waals surface area (Å²) in [6, 6.07) is 7.84. The van der Waals surface area contributed by atoms with Crippen LogP contribution in [-0.2, 0) is 4.79 Å². The highest BCUT2D eigenvalue weighted by molar-refractivity contribution is 7.22. The second kappa shape index (κ2) is 8.07. The van der Waals surface area contributed by atoms with Gasteiger partial charge in [-0.05, 0) is 45.0 Å². The van der Waals surface area contributed by atoms with Crippen molar-refractivity contribution in [2.75, 3.05) is 32.1 Å². The number of benzene rings is 1. The second-order valence-corrected chi connectivity index (χ2v) is 6.09. The molecule has 0 spiro atoms. The Morgan fingerprint density at radius 2 is 2.14 bits per heavy atom. The number of nitrogens with one attached hydrogen (secondary N) is 1. The van der Waals surface area contributed by atoms with Gasteiger partial charge in [0.15, 0.2) is 5.13 Å². The maximum Gasteiger partial charge on any atom is 0.240 e. The van der Waals surface area contributed by atoms with E-state index in [0.29, 0.717) is 11.7 Å². The highest BCUT2D eigenvalue weighted by Crippen LogP contribution is 2.25. The molecule has 0 aliphatic carbocycles. The molecule has 5 nitrogen and oxygen atoms in total. The zero-order valence-electron chi connectivity index (χ0n) is 12.2. The average molecular weight is 307 g/mol. The van der Waals surface area contributed by atoms with Crippen molar-refractivity contribution in [3.8, 4) is 0 Å². The van der Waals surface area contributed by atoms with Gasteiger partial charge in [-0.3, -0.25) is 9.69 Å². The van der Waals surface area contributed by atoms with Crippen LogP contribution in [0.15, 0.2) is 24.3 Å². The quantitative estimate of drug-likeness (QED) is 0.735. The van der Waals surface area contributed by atoms with E-state index in [1.807, 2.05) is 36.2 Å². The van der Waals surface area contributed by atoms with Crippen molar-refractivity contribution in [2.24, 2.45) is 0 Å². The molecule has 0 bridgehead atoms. The van der Waals surface area contributed by atoms with Crippen LogP contribution >= 0.6 is 11.3 Å². The number of fused-ring (bicyclic) bond motifs is 1. The van der Waals surface area contributed by atoms with E-state index >= 15 is 0 Å². The van der Waals surface area contributed by atoms with Crippen LogP contribution in [0.1, 0.15) is 19.3 Å². The lowest BCUT2D eigenvalue weighted by Gasteiger charge is -2.15. The summed E-state index contributed by atoms with van der Waals surface area (Å²) >= 11 is 1.49. The Balaban J connectivity index is 1.78. The number of thiazole rings is 1. The molecule has 2 rings (SSSR count). The van der Waals surface area contributed by atoms with Gasteiger partial charge >= 0.3 is 0 Å². The molecule has 0 saturated heterocycles. The number of nitrogens with zero attached hydrogens (tertiary/aromatic N) is 2. The van der Waals surface area contributed by atoms with Gasteiger partial charge in [-0.2, -0.15) is 0 Å². The lowest BCUT2D eigenvalue weighted by atomic mass is 10.2. The van der Waals surface area contributed by atoms with Gasteiger partial charge in [0.05, 0.1) is 16.8 Å². The standard InChI is InChI=1S/C15H21N3O2S/c1-18(9-5-2-6-10-19)11-14(20)17-15-16-12-7-3-4-8-13(12)21-15/h3-4,7-8,19H,2,5-6,9-11H2,1H3,(H,16,17,20). The minimum Gasteiger partial charge on any atom is -0.396 e. The number of hydrogen-bond donors (Lipinski definition) is 2. The van der Waals surface area contributed by atoms with Crippen molar-refractivity contribution in [3.05, 3.63) is 24.3 Å². The summed E-state index contributed by atoms with van der Waals surface area (Å²) in [5, 5.41) is 12.2. The summed E-state index contributed by atoms with van der Waals surface area (Å²) < 4.78 is 1.07. The number of rotatable bonds is 8. The third-order valence-electron chi connectivity index (χ3n) is 3.15. The predicted octanol–water partition coefficient (Wildman–Crippen LogP) is 2.33. The first-order valence-corrected chi connectivity index (χ1v) is 7.95. The van der Waals surface area contributed by atoms with Crippen LogP contribution in [0.2, 0.25) is 0 Å². The molecular formula is C15H21N3O2S. The van der Waals surface area contributed by atoms with Crippen molar-refractivity contribution in [1.82, 2.24) is 9.88 Å². The lowest BCUT2D eigenvalue weighted by Crippen LogP contribution is -2.30. The number of aliphatic hydroxyl groups is 1. The molecule has 1 amide bonds. The van der Waals surface area contributed by atoms with Gasteiger partial charge in [0, 0.05) is 6.61 Å². The lowest BCUT2D eigenvalue weighted by molar-refractivity contribution is -0.117. The van der Waals surface area contributed by atoms with Crippen LogP contribution in [-0.4, -0.2) is 47.6 Å². The summed E-state index contributed by atoms with van der Waals surface area (Å²) in [5.74, 6) is -0.0429. The van der Waals surface area contributed by atoms with E-state index in [1.54, 1.807) is 0 Å². The zero-order chi connectivity index (χ0) is 15.1. The maximum absolute atomic E-state index is 12.0. The highest BCUT2D eigenvalue weighted by Gasteiger charge is 2.09. The summed E-state index contributed by atoms with van der Waals surface area (Å²) in [6.45, 7) is 1.45. The number of para-hydroxylation sites is 1. The summed E-state index contributed by atoms with van der Waals surface area (Å²) in [7, 11) is 1.93. The van der Waals surface area contributed by atoms with Crippen LogP contribution in [0.5, 0.6) is 0 Å². The van der Waals surface area contributed by atoms with E-state index in [4.69, 9.17) is 5.11 Å². The number of carbonyl (C=O) groups excluding carboxylic acids is 1. The topological polar surface area (TPSA) is 65.5 Å². The number of likely N-dealkylation sites (N-methyl/N-ethyl adjacent to an activating group) is 1. The Labute approximate surface area is 128 Å². The summed E-state index contributed by atoms with van der Waals surface area (Å²) in [5.41, 5.74) is 0.912. The molecule has 0 saturated carbocycles. The first-order chi connectivity index (χ1) is 10.2. The third kappa shape index (κ3) is 5.08. The number of anilines is 1. The molecule has 2 N–H and O–H groups in total. The van der Waals surface area contributed by atoms with Gasteiger partial charge in [-0.1, -0.05) is 23.5 Å². The molecule has 2 aromatic rings. The van der Waals surface area contributed by atoms with Gasteiger partial charge in [0.1, 0.15) is 0 Å². The molecule has 0 aliphatic rings. The molecule has 0 unspecified atom stereocenters. The van der Waals surface area contributed by atoms with E-state index in [2.05, 4.69) is 10.3 Å². The monoisotopic (exact) mass is 307 g/mol. The molecule has 0 atom stereocenters. The van der Waals surface area contributed by atoms with Gasteiger partial charge in [0.2, 0.25) is 5.91 Å². The average Bonchev–Trinajstić information content (AvgIpc) is 2.85. The number of amides is 1. The fourth-order valence-electron chi connectivity index (χ4n) is 2.08. The number of unbranched alkanes of at least 4 members (excludes halogenated alkanes) is 2. The smallest absolute Gasteiger partial charge is 0.240 e. The Morgan fingerprint density at radius 3 is 2.90 bits per heavy atom. The SMILES string of the molecule is CN(CCCCCO)CC(=O)Nc1nc2ccccc2s1. The van der Waals surface area contributed by atoms with Gasteiger partial charge in [-0.25, -0.2) is 4.98 Å². The molecule has 1 heterocycles. The van der Waals surface area contributed by atoms with Crippen molar-refractivity contribution < 1.29 is 9.90 Å². The first-order valence-electron chi connectivity index (χ1n) is 7.14. The summed E-state index contributed by atoms with van der Waals surface area (Å²) in [6.07, 6.45) is 2.80. The maximum atomic E-state index is 12.0. The van der Waals surface area contributed by atoms with E-state index in [9.17, 15) is 4.79 Å². The van der Waals surface area contributed by atoms with E-state index < -0.39 is 0 Å². The third-order valence-corrected chi connectivity index (χ3v) is 4.10. The second-order valence-electron chi connectivity index (χ2n) is 5.06. The molecule has 0 aliphatic heterocycles. The van der Waals surface area contributed by atoms with Gasteiger partial charge < -0.3 is 10.4 Å².